The SMILES string of the molecule is CCCCCNc1cncc(-c2cnc3[nH]nc(-c4nc5c(N6CCN(C)CC6)ccnc5[nH]4)c3c2F)c1. The number of nitrogens with zero attached hydrogens (tertiary/aromatic N) is 7. The molecule has 1 aliphatic heterocycles. The fourth-order valence-electron chi connectivity index (χ4n) is 4.93. The van der Waals surface area contributed by atoms with Gasteiger partial charge in [0, 0.05) is 68.6 Å². The van der Waals surface area contributed by atoms with Crippen LogP contribution in [0.5, 0.6) is 0 Å². The van der Waals surface area contributed by atoms with Crippen LogP contribution in [0.25, 0.3) is 44.8 Å². The molecule has 0 aromatic carbocycles. The highest BCUT2D eigenvalue weighted by molar-refractivity contribution is 5.95. The van der Waals surface area contributed by atoms with Crippen LogP contribution in [0.2, 0.25) is 0 Å². The molecule has 0 atom stereocenters. The van der Waals surface area contributed by atoms with Crippen LogP contribution in [0.1, 0.15) is 26.2 Å². The first-order valence-electron chi connectivity index (χ1n) is 13.1. The van der Waals surface area contributed by atoms with Crippen molar-refractivity contribution in [3.8, 4) is 22.6 Å². The van der Waals surface area contributed by atoms with E-state index in [9.17, 15) is 0 Å². The van der Waals surface area contributed by atoms with Crippen LogP contribution in [0.4, 0.5) is 15.8 Å². The molecule has 38 heavy (non-hydrogen) atoms. The van der Waals surface area contributed by atoms with Gasteiger partial charge < -0.3 is 20.1 Å². The summed E-state index contributed by atoms with van der Waals surface area (Å²) in [6.45, 7) is 6.80. The molecule has 0 saturated carbocycles. The molecule has 0 aliphatic carbocycles. The van der Waals surface area contributed by atoms with Crippen molar-refractivity contribution >= 4 is 33.6 Å². The van der Waals surface area contributed by atoms with Crippen LogP contribution in [-0.2, 0) is 0 Å². The van der Waals surface area contributed by atoms with Gasteiger partial charge in [0.25, 0.3) is 0 Å². The maximum absolute atomic E-state index is 16.1. The first-order chi connectivity index (χ1) is 18.6. The molecule has 1 aliphatic rings. The van der Waals surface area contributed by atoms with E-state index in [0.717, 1.165) is 68.9 Å². The first kappa shape index (κ1) is 24.2. The Balaban J connectivity index is 1.36. The van der Waals surface area contributed by atoms with Crippen LogP contribution in [0, 0.1) is 5.82 Å². The lowest BCUT2D eigenvalue weighted by Gasteiger charge is -2.33. The van der Waals surface area contributed by atoms with E-state index < -0.39 is 5.82 Å². The molecular formula is C27H31FN10. The van der Waals surface area contributed by atoms with E-state index >= 15 is 4.39 Å². The normalized spacial score (nSPS) is 14.6. The van der Waals surface area contributed by atoms with Crippen molar-refractivity contribution in [1.82, 2.24) is 40.0 Å². The summed E-state index contributed by atoms with van der Waals surface area (Å²) >= 11 is 0. The predicted molar refractivity (Wildman–Crippen MR) is 148 cm³/mol. The molecule has 1 saturated heterocycles. The van der Waals surface area contributed by atoms with Gasteiger partial charge in [-0.15, -0.1) is 0 Å². The summed E-state index contributed by atoms with van der Waals surface area (Å²) in [5.74, 6) is 0.0269. The third kappa shape index (κ3) is 4.53. The Morgan fingerprint density at radius 3 is 2.76 bits per heavy atom. The van der Waals surface area contributed by atoms with Gasteiger partial charge >= 0.3 is 0 Å². The molecule has 0 bridgehead atoms. The number of imidazole rings is 1. The van der Waals surface area contributed by atoms with Crippen molar-refractivity contribution in [2.45, 2.75) is 26.2 Å². The fourth-order valence-corrected chi connectivity index (χ4v) is 4.93. The molecule has 0 spiro atoms. The van der Waals surface area contributed by atoms with Gasteiger partial charge in [-0.25, -0.2) is 19.3 Å². The van der Waals surface area contributed by atoms with E-state index in [4.69, 9.17) is 4.98 Å². The summed E-state index contributed by atoms with van der Waals surface area (Å²) in [7, 11) is 2.13. The molecule has 6 rings (SSSR count). The largest absolute Gasteiger partial charge is 0.384 e. The van der Waals surface area contributed by atoms with Gasteiger partial charge in [0.2, 0.25) is 0 Å². The quantitative estimate of drug-likeness (QED) is 0.260. The molecule has 0 amide bonds. The van der Waals surface area contributed by atoms with E-state index in [1.165, 1.54) is 6.20 Å². The van der Waals surface area contributed by atoms with Crippen molar-refractivity contribution in [1.29, 1.82) is 0 Å². The smallest absolute Gasteiger partial charge is 0.161 e. The van der Waals surface area contributed by atoms with Crippen molar-refractivity contribution < 1.29 is 4.39 Å². The molecule has 0 radical (unpaired) electrons. The minimum atomic E-state index is -0.420. The van der Waals surface area contributed by atoms with Gasteiger partial charge in [-0.05, 0) is 25.6 Å². The highest BCUT2D eigenvalue weighted by Crippen LogP contribution is 2.34. The summed E-state index contributed by atoms with van der Waals surface area (Å²) in [6.07, 6.45) is 10.1. The van der Waals surface area contributed by atoms with E-state index in [1.807, 2.05) is 12.1 Å². The third-order valence-corrected chi connectivity index (χ3v) is 7.12. The van der Waals surface area contributed by atoms with Gasteiger partial charge in [-0.2, -0.15) is 5.10 Å². The third-order valence-electron chi connectivity index (χ3n) is 7.12. The van der Waals surface area contributed by atoms with Gasteiger partial charge in [0.15, 0.2) is 17.1 Å². The van der Waals surface area contributed by atoms with Crippen LogP contribution >= 0.6 is 0 Å². The monoisotopic (exact) mass is 514 g/mol. The minimum absolute atomic E-state index is 0.281. The molecule has 3 N–H and O–H groups in total. The summed E-state index contributed by atoms with van der Waals surface area (Å²) in [5, 5.41) is 10.9. The van der Waals surface area contributed by atoms with Gasteiger partial charge in [0.1, 0.15) is 17.0 Å². The Labute approximate surface area is 219 Å². The van der Waals surface area contributed by atoms with E-state index in [1.54, 1.807) is 18.6 Å². The molecule has 6 heterocycles. The number of hydrogen-bond donors (Lipinski definition) is 3. The number of fused-ring (bicyclic) bond motifs is 2. The zero-order valence-electron chi connectivity index (χ0n) is 21.6. The van der Waals surface area contributed by atoms with Crippen molar-refractivity contribution in [3.63, 3.8) is 0 Å². The van der Waals surface area contributed by atoms with Crippen LogP contribution in [0.15, 0.2) is 36.9 Å². The zero-order chi connectivity index (χ0) is 26.1. The van der Waals surface area contributed by atoms with E-state index in [2.05, 4.69) is 59.2 Å². The number of halogens is 1. The lowest BCUT2D eigenvalue weighted by atomic mass is 10.1. The molecule has 1 fully saturated rings. The number of hydrogen-bond acceptors (Lipinski definition) is 8. The molecule has 5 aromatic heterocycles. The topological polar surface area (TPSA) is 115 Å². The first-order valence-corrected chi connectivity index (χ1v) is 13.1. The number of pyridine rings is 3. The summed E-state index contributed by atoms with van der Waals surface area (Å²) in [5.41, 5.74) is 4.99. The molecule has 196 valence electrons. The average Bonchev–Trinajstić information content (AvgIpc) is 3.57. The number of H-pyrrole nitrogens is 2. The standard InChI is InChI=1S/C27H31FN10/c1-3-4-5-7-30-18-13-17(14-29-15-18)19-16-32-25-21(22(19)28)24(35-36-25)27-33-23-20(6-8-31-26(23)34-27)38-11-9-37(2)10-12-38/h6,8,13-16,30H,3-5,7,9-12H2,1-2H3,(H,31,33,34)(H,32,35,36). The average molecular weight is 515 g/mol. The molecule has 5 aromatic rings. The Morgan fingerprint density at radius 2 is 1.92 bits per heavy atom. The highest BCUT2D eigenvalue weighted by Gasteiger charge is 2.23. The Kier molecular flexibility index (Phi) is 6.59. The van der Waals surface area contributed by atoms with Crippen molar-refractivity contribution in [2.75, 3.05) is 50.0 Å². The second kappa shape index (κ2) is 10.3. The Morgan fingerprint density at radius 1 is 1.05 bits per heavy atom. The summed E-state index contributed by atoms with van der Waals surface area (Å²) in [4.78, 5) is 26.0. The summed E-state index contributed by atoms with van der Waals surface area (Å²) < 4.78 is 16.1. The Bertz CT molecular complexity index is 1570. The highest BCUT2D eigenvalue weighted by atomic mass is 19.1. The number of aromatic nitrogens is 7. The van der Waals surface area contributed by atoms with Gasteiger partial charge in [-0.3, -0.25) is 10.1 Å². The molecular weight excluding hydrogens is 483 g/mol. The second-order valence-corrected chi connectivity index (χ2v) is 9.78. The second-order valence-electron chi connectivity index (χ2n) is 9.78. The maximum Gasteiger partial charge on any atom is 0.161 e. The lowest BCUT2D eigenvalue weighted by molar-refractivity contribution is 0.313. The number of aromatic amines is 2. The lowest BCUT2D eigenvalue weighted by Crippen LogP contribution is -2.44. The molecule has 11 heteroatoms. The Hall–Kier alpha value is -4.12. The van der Waals surface area contributed by atoms with Crippen LogP contribution < -0.4 is 10.2 Å². The van der Waals surface area contributed by atoms with Gasteiger partial charge in [-0.1, -0.05) is 19.8 Å². The van der Waals surface area contributed by atoms with E-state index in [-0.39, 0.29) is 5.39 Å². The van der Waals surface area contributed by atoms with E-state index in [0.29, 0.717) is 33.9 Å². The van der Waals surface area contributed by atoms with Gasteiger partial charge in [0.05, 0.1) is 16.8 Å². The van der Waals surface area contributed by atoms with Crippen molar-refractivity contribution in [2.24, 2.45) is 0 Å². The number of unbranched alkanes of at least 4 members (excludes halogenated alkanes) is 2. The van der Waals surface area contributed by atoms with Crippen molar-refractivity contribution in [3.05, 3.63) is 42.7 Å². The fraction of sp³-hybridized carbons (Fsp3) is 0.370. The summed E-state index contributed by atoms with van der Waals surface area (Å²) in [6, 6.07) is 3.88. The van der Waals surface area contributed by atoms with Crippen LogP contribution in [-0.4, -0.2) is 79.8 Å². The number of rotatable bonds is 8. The van der Waals surface area contributed by atoms with Crippen LogP contribution in [0.3, 0.4) is 0 Å². The maximum atomic E-state index is 16.1. The zero-order valence-corrected chi connectivity index (χ0v) is 21.6. The molecule has 0 unspecified atom stereocenters. The number of likely N-dealkylation sites (N-methyl/N-ethyl adjacent to an activating group) is 1. The number of piperazine rings is 1. The minimum Gasteiger partial charge on any atom is -0.384 e. The number of nitrogens with one attached hydrogen (secondary N) is 3. The number of anilines is 2. The predicted octanol–water partition coefficient (Wildman–Crippen LogP) is 4.45. The molecule has 10 nitrogen and oxygen atoms in total.